The van der Waals surface area contributed by atoms with E-state index in [2.05, 4.69) is 40.1 Å². The van der Waals surface area contributed by atoms with Crippen molar-refractivity contribution in [3.63, 3.8) is 0 Å². The van der Waals surface area contributed by atoms with Gasteiger partial charge in [0.25, 0.3) is 0 Å². The number of hydrogen-bond donors (Lipinski definition) is 2. The normalized spacial score (nSPS) is 13.5. The smallest absolute Gasteiger partial charge is 0.133 e. The van der Waals surface area contributed by atoms with Gasteiger partial charge in [0.2, 0.25) is 0 Å². The maximum absolute atomic E-state index is 10.2. The average Bonchev–Trinajstić information content (AvgIpc) is 3.21. The Bertz CT molecular complexity index is 1040. The number of hydrogen-bond acceptors (Lipinski definition) is 6. The molecule has 0 aliphatic rings. The van der Waals surface area contributed by atoms with Crippen LogP contribution in [-0.2, 0) is 12.0 Å². The Morgan fingerprint density at radius 2 is 1.70 bits per heavy atom. The lowest BCUT2D eigenvalue weighted by molar-refractivity contribution is 0.0888. The predicted molar refractivity (Wildman–Crippen MR) is 131 cm³/mol. The second kappa shape index (κ2) is 11.3. The van der Waals surface area contributed by atoms with Crippen LogP contribution in [0.15, 0.2) is 53.1 Å². The summed E-state index contributed by atoms with van der Waals surface area (Å²) in [6.45, 7) is 6.77. The van der Waals surface area contributed by atoms with Crippen molar-refractivity contribution in [2.24, 2.45) is 0 Å². The molecule has 0 spiro atoms. The van der Waals surface area contributed by atoms with E-state index in [0.29, 0.717) is 18.0 Å². The Morgan fingerprint density at radius 1 is 1.03 bits per heavy atom. The molecule has 2 aromatic carbocycles. The molecule has 0 unspecified atom stereocenters. The van der Waals surface area contributed by atoms with Crippen LogP contribution in [0.25, 0.3) is 0 Å². The summed E-state index contributed by atoms with van der Waals surface area (Å²) < 4.78 is 13.8. The molecule has 0 saturated heterocycles. The lowest BCUT2D eigenvalue weighted by Crippen LogP contribution is -2.24. The Hall–Kier alpha value is -2.13. The highest BCUT2D eigenvalue weighted by Crippen LogP contribution is 2.36. The summed E-state index contributed by atoms with van der Waals surface area (Å²) in [7, 11) is 0. The van der Waals surface area contributed by atoms with Crippen LogP contribution in [0.4, 0.5) is 0 Å². The van der Waals surface area contributed by atoms with E-state index in [9.17, 15) is 10.2 Å². The van der Waals surface area contributed by atoms with Crippen LogP contribution >= 0.6 is 27.5 Å². The van der Waals surface area contributed by atoms with Gasteiger partial charge in [-0.25, -0.2) is 4.68 Å². The van der Waals surface area contributed by atoms with Gasteiger partial charge in [-0.3, -0.25) is 0 Å². The third-order valence-corrected chi connectivity index (χ3v) is 6.31. The number of benzene rings is 2. The molecule has 0 aliphatic carbocycles. The minimum Gasteiger partial charge on any atom is -0.491 e. The van der Waals surface area contributed by atoms with Crippen molar-refractivity contribution in [3.8, 4) is 11.5 Å². The van der Waals surface area contributed by atoms with E-state index in [4.69, 9.17) is 21.1 Å². The Morgan fingerprint density at radius 3 is 2.30 bits per heavy atom. The first kappa shape index (κ1) is 25.5. The van der Waals surface area contributed by atoms with Crippen molar-refractivity contribution in [2.45, 2.75) is 44.9 Å². The molecule has 33 heavy (non-hydrogen) atoms. The predicted octanol–water partition coefficient (Wildman–Crippen LogP) is 4.09. The fourth-order valence-corrected chi connectivity index (χ4v) is 3.90. The number of alkyl halides is 1. The van der Waals surface area contributed by atoms with Crippen molar-refractivity contribution in [1.82, 2.24) is 15.0 Å². The summed E-state index contributed by atoms with van der Waals surface area (Å²) in [5.41, 5.74) is 2.76. The van der Waals surface area contributed by atoms with Gasteiger partial charge >= 0.3 is 0 Å². The molecule has 0 bridgehead atoms. The maximum atomic E-state index is 10.2. The molecule has 0 aliphatic heterocycles. The van der Waals surface area contributed by atoms with Gasteiger partial charge in [-0.05, 0) is 58.2 Å². The first-order valence-electron chi connectivity index (χ1n) is 10.6. The number of aryl methyl sites for hydroxylation is 1. The number of aliphatic hydroxyl groups is 2. The van der Waals surface area contributed by atoms with E-state index >= 15 is 0 Å². The standard InChI is InChI=1S/C24H29BrClN3O4/c1-16-12-29(28-27-16)13-20(31)15-32-21-7-4-17(5-8-21)24(2,3)18-6-9-23(22(25)10-18)33-14-19(30)11-26/h4-10,12,19-20,30-31H,11,13-15H2,1-3H3/t19-,20-/m1/s1. The lowest BCUT2D eigenvalue weighted by atomic mass is 9.78. The van der Waals surface area contributed by atoms with Crippen LogP contribution < -0.4 is 9.47 Å². The SMILES string of the molecule is Cc1cn(C[C@@H](O)COc2ccc(C(C)(C)c3ccc(OC[C@H](O)CCl)c(Br)c3)cc2)nn1. The third kappa shape index (κ3) is 6.93. The molecular weight excluding hydrogens is 510 g/mol. The summed E-state index contributed by atoms with van der Waals surface area (Å²) in [6, 6.07) is 13.8. The highest BCUT2D eigenvalue weighted by molar-refractivity contribution is 9.10. The van der Waals surface area contributed by atoms with Crippen LogP contribution in [0, 0.1) is 6.92 Å². The van der Waals surface area contributed by atoms with E-state index in [1.165, 1.54) is 0 Å². The Balaban J connectivity index is 1.61. The average molecular weight is 539 g/mol. The van der Waals surface area contributed by atoms with E-state index in [1.807, 2.05) is 49.4 Å². The summed E-state index contributed by atoms with van der Waals surface area (Å²) in [4.78, 5) is 0. The molecule has 0 radical (unpaired) electrons. The van der Waals surface area contributed by atoms with Gasteiger partial charge in [0, 0.05) is 11.6 Å². The zero-order valence-corrected chi connectivity index (χ0v) is 21.3. The van der Waals surface area contributed by atoms with Gasteiger partial charge in [-0.15, -0.1) is 16.7 Å². The largest absolute Gasteiger partial charge is 0.491 e. The third-order valence-electron chi connectivity index (χ3n) is 5.33. The molecule has 2 atom stereocenters. The minimum atomic E-state index is -0.705. The number of ether oxygens (including phenoxy) is 2. The molecule has 7 nitrogen and oxygen atoms in total. The van der Waals surface area contributed by atoms with Crippen LogP contribution in [0.3, 0.4) is 0 Å². The van der Waals surface area contributed by atoms with Crippen molar-refractivity contribution < 1.29 is 19.7 Å². The zero-order chi connectivity index (χ0) is 24.0. The molecule has 9 heteroatoms. The van der Waals surface area contributed by atoms with E-state index in [-0.39, 0.29) is 24.5 Å². The van der Waals surface area contributed by atoms with Gasteiger partial charge < -0.3 is 19.7 Å². The summed E-state index contributed by atoms with van der Waals surface area (Å²) in [5.74, 6) is 1.47. The van der Waals surface area contributed by atoms with Crippen molar-refractivity contribution >= 4 is 27.5 Å². The molecule has 1 aromatic heterocycles. The summed E-state index contributed by atoms with van der Waals surface area (Å²) in [5, 5.41) is 27.6. The molecule has 0 fully saturated rings. The van der Waals surface area contributed by atoms with Crippen LogP contribution in [-0.4, -0.2) is 56.5 Å². The van der Waals surface area contributed by atoms with Crippen LogP contribution in [0.5, 0.6) is 11.5 Å². The van der Waals surface area contributed by atoms with Gasteiger partial charge in [0.15, 0.2) is 0 Å². The van der Waals surface area contributed by atoms with Crippen molar-refractivity contribution in [1.29, 1.82) is 0 Å². The number of nitrogens with zero attached hydrogens (tertiary/aromatic N) is 3. The van der Waals surface area contributed by atoms with Crippen LogP contribution in [0.1, 0.15) is 30.7 Å². The highest BCUT2D eigenvalue weighted by Gasteiger charge is 2.24. The highest BCUT2D eigenvalue weighted by atomic mass is 79.9. The second-order valence-electron chi connectivity index (χ2n) is 8.46. The van der Waals surface area contributed by atoms with Gasteiger partial charge in [0.1, 0.15) is 36.9 Å². The van der Waals surface area contributed by atoms with E-state index in [0.717, 1.165) is 21.3 Å². The van der Waals surface area contributed by atoms with Crippen molar-refractivity contribution in [3.05, 3.63) is 70.0 Å². The quantitative estimate of drug-likeness (QED) is 0.358. The first-order valence-corrected chi connectivity index (χ1v) is 12.0. The van der Waals surface area contributed by atoms with Gasteiger partial charge in [-0.1, -0.05) is 37.3 Å². The second-order valence-corrected chi connectivity index (χ2v) is 9.62. The molecule has 3 rings (SSSR count). The molecule has 0 amide bonds. The lowest BCUT2D eigenvalue weighted by Gasteiger charge is -2.27. The van der Waals surface area contributed by atoms with Crippen molar-refractivity contribution in [2.75, 3.05) is 19.1 Å². The molecule has 1 heterocycles. The minimum absolute atomic E-state index is 0.128. The molecule has 178 valence electrons. The fraction of sp³-hybridized carbons (Fsp3) is 0.417. The van der Waals surface area contributed by atoms with Gasteiger partial charge in [0.05, 0.1) is 22.6 Å². The van der Waals surface area contributed by atoms with E-state index in [1.54, 1.807) is 10.9 Å². The maximum Gasteiger partial charge on any atom is 0.133 e. The Labute approximate surface area is 207 Å². The topological polar surface area (TPSA) is 89.6 Å². The van der Waals surface area contributed by atoms with Crippen LogP contribution in [0.2, 0.25) is 0 Å². The number of aliphatic hydroxyl groups excluding tert-OH is 2. The fourth-order valence-electron chi connectivity index (χ4n) is 3.32. The molecule has 2 N–H and O–H groups in total. The zero-order valence-electron chi connectivity index (χ0n) is 18.9. The number of rotatable bonds is 11. The number of aromatic nitrogens is 3. The monoisotopic (exact) mass is 537 g/mol. The molecule has 3 aromatic rings. The first-order chi connectivity index (χ1) is 15.7. The Kier molecular flexibility index (Phi) is 8.75. The number of halogens is 2. The van der Waals surface area contributed by atoms with E-state index < -0.39 is 12.2 Å². The van der Waals surface area contributed by atoms with Gasteiger partial charge in [-0.2, -0.15) is 0 Å². The molecule has 0 saturated carbocycles. The summed E-state index contributed by atoms with van der Waals surface area (Å²) in [6.07, 6.45) is 0.384. The molecular formula is C24H29BrClN3O4. The summed E-state index contributed by atoms with van der Waals surface area (Å²) >= 11 is 9.18.